The number of hydrogen-bond donors (Lipinski definition) is 2. The van der Waals surface area contributed by atoms with E-state index in [1.54, 1.807) is 19.2 Å². The minimum atomic E-state index is -0.441. The van der Waals surface area contributed by atoms with Gasteiger partial charge >= 0.3 is 0 Å². The fraction of sp³-hybridized carbons (Fsp3) is 0.158. The summed E-state index contributed by atoms with van der Waals surface area (Å²) in [5, 5.41) is 14.8. The highest BCUT2D eigenvalue weighted by atomic mass is 16.5. The summed E-state index contributed by atoms with van der Waals surface area (Å²) >= 11 is 0. The molecule has 122 valence electrons. The van der Waals surface area contributed by atoms with Crippen LogP contribution in [-0.2, 0) is 11.3 Å². The predicted molar refractivity (Wildman–Crippen MR) is 93.3 cm³/mol. The fourth-order valence-electron chi connectivity index (χ4n) is 2.00. The molecule has 0 aliphatic heterocycles. The first-order valence-electron chi connectivity index (χ1n) is 7.47. The molecule has 0 unspecified atom stereocenters. The first-order chi connectivity index (χ1) is 11.6. The van der Waals surface area contributed by atoms with E-state index in [-0.39, 0.29) is 5.57 Å². The summed E-state index contributed by atoms with van der Waals surface area (Å²) in [6.07, 6.45) is 1.42. The number of aryl methyl sites for hydroxylation is 1. The second-order valence-corrected chi connectivity index (χ2v) is 5.22. The van der Waals surface area contributed by atoms with Gasteiger partial charge in [-0.05, 0) is 36.8 Å². The van der Waals surface area contributed by atoms with Gasteiger partial charge in [-0.3, -0.25) is 4.79 Å². The maximum Gasteiger partial charge on any atom is 0.267 e. The summed E-state index contributed by atoms with van der Waals surface area (Å²) in [7, 11) is 1.61. The summed E-state index contributed by atoms with van der Waals surface area (Å²) in [5.41, 5.74) is 2.79. The van der Waals surface area contributed by atoms with Gasteiger partial charge in [0.1, 0.15) is 17.4 Å². The molecule has 5 nitrogen and oxygen atoms in total. The molecule has 1 amide bonds. The Morgan fingerprint density at radius 2 is 1.83 bits per heavy atom. The van der Waals surface area contributed by atoms with Gasteiger partial charge in [-0.2, -0.15) is 5.26 Å². The maximum atomic E-state index is 12.1. The Balaban J connectivity index is 1.93. The molecular weight excluding hydrogens is 302 g/mol. The van der Waals surface area contributed by atoms with Crippen molar-refractivity contribution in [3.63, 3.8) is 0 Å². The van der Waals surface area contributed by atoms with Crippen LogP contribution >= 0.6 is 0 Å². The van der Waals surface area contributed by atoms with Crippen LogP contribution in [0.25, 0.3) is 0 Å². The van der Waals surface area contributed by atoms with E-state index in [0.717, 1.165) is 16.9 Å². The summed E-state index contributed by atoms with van der Waals surface area (Å²) in [6.45, 7) is 2.47. The van der Waals surface area contributed by atoms with E-state index in [9.17, 15) is 4.79 Å². The van der Waals surface area contributed by atoms with Gasteiger partial charge in [0.15, 0.2) is 0 Å². The first kappa shape index (κ1) is 17.1. The smallest absolute Gasteiger partial charge is 0.267 e. The molecule has 0 fully saturated rings. The number of methoxy groups -OCH3 is 1. The van der Waals surface area contributed by atoms with Crippen molar-refractivity contribution >= 4 is 11.6 Å². The van der Waals surface area contributed by atoms with E-state index < -0.39 is 5.91 Å². The lowest BCUT2D eigenvalue weighted by Crippen LogP contribution is -2.16. The molecule has 0 atom stereocenters. The Bertz CT molecular complexity index is 757. The third-order valence-corrected chi connectivity index (χ3v) is 3.39. The zero-order valence-electron chi connectivity index (χ0n) is 13.7. The topological polar surface area (TPSA) is 74.1 Å². The highest BCUT2D eigenvalue weighted by Crippen LogP contribution is 2.12. The fourth-order valence-corrected chi connectivity index (χ4v) is 2.00. The monoisotopic (exact) mass is 321 g/mol. The molecule has 0 bridgehead atoms. The Morgan fingerprint density at radius 3 is 2.42 bits per heavy atom. The van der Waals surface area contributed by atoms with E-state index in [4.69, 9.17) is 10.00 Å². The molecule has 24 heavy (non-hydrogen) atoms. The van der Waals surface area contributed by atoms with Crippen LogP contribution in [0.5, 0.6) is 5.75 Å². The van der Waals surface area contributed by atoms with Gasteiger partial charge in [-0.15, -0.1) is 0 Å². The Labute approximate surface area is 141 Å². The van der Waals surface area contributed by atoms with E-state index in [1.807, 2.05) is 49.4 Å². The largest absolute Gasteiger partial charge is 0.497 e. The minimum absolute atomic E-state index is 0.0177. The number of ether oxygens (including phenoxy) is 1. The zero-order valence-corrected chi connectivity index (χ0v) is 13.7. The van der Waals surface area contributed by atoms with Crippen LogP contribution in [0.3, 0.4) is 0 Å². The van der Waals surface area contributed by atoms with Crippen molar-refractivity contribution in [2.45, 2.75) is 13.5 Å². The number of carbonyl (C=O) groups excluding carboxylic acids is 1. The molecule has 5 heteroatoms. The maximum absolute atomic E-state index is 12.1. The number of nitrogens with zero attached hydrogens (tertiary/aromatic N) is 1. The number of anilines is 1. The number of benzene rings is 2. The molecule has 0 aliphatic rings. The van der Waals surface area contributed by atoms with Gasteiger partial charge in [0, 0.05) is 18.4 Å². The summed E-state index contributed by atoms with van der Waals surface area (Å²) < 4.78 is 5.10. The second-order valence-electron chi connectivity index (χ2n) is 5.22. The molecule has 2 aromatic rings. The van der Waals surface area contributed by atoms with Gasteiger partial charge in [-0.1, -0.05) is 29.8 Å². The van der Waals surface area contributed by atoms with Gasteiger partial charge in [0.05, 0.1) is 7.11 Å². The summed E-state index contributed by atoms with van der Waals surface area (Å²) in [6, 6.07) is 16.8. The van der Waals surface area contributed by atoms with Crippen molar-refractivity contribution in [1.82, 2.24) is 5.32 Å². The van der Waals surface area contributed by atoms with Crippen molar-refractivity contribution in [2.24, 2.45) is 0 Å². The molecule has 0 heterocycles. The highest BCUT2D eigenvalue weighted by molar-refractivity contribution is 6.06. The Hall–Kier alpha value is -3.26. The number of nitriles is 1. The third-order valence-electron chi connectivity index (χ3n) is 3.39. The zero-order chi connectivity index (χ0) is 17.4. The average Bonchev–Trinajstić information content (AvgIpc) is 2.61. The molecule has 2 aromatic carbocycles. The predicted octanol–water partition coefficient (Wildman–Crippen LogP) is 3.14. The first-order valence-corrected chi connectivity index (χ1v) is 7.47. The Morgan fingerprint density at radius 1 is 1.17 bits per heavy atom. The van der Waals surface area contributed by atoms with Crippen LogP contribution in [0.2, 0.25) is 0 Å². The molecule has 0 aromatic heterocycles. The molecule has 0 saturated carbocycles. The van der Waals surface area contributed by atoms with Crippen molar-refractivity contribution in [1.29, 1.82) is 5.26 Å². The van der Waals surface area contributed by atoms with Crippen LogP contribution < -0.4 is 15.4 Å². The number of carbonyl (C=O) groups is 1. The van der Waals surface area contributed by atoms with Gasteiger partial charge < -0.3 is 15.4 Å². The van der Waals surface area contributed by atoms with Crippen molar-refractivity contribution < 1.29 is 9.53 Å². The van der Waals surface area contributed by atoms with Crippen LogP contribution in [0.1, 0.15) is 11.1 Å². The number of rotatable bonds is 6. The average molecular weight is 321 g/mol. The Kier molecular flexibility index (Phi) is 5.98. The lowest BCUT2D eigenvalue weighted by Gasteiger charge is -2.06. The van der Waals surface area contributed by atoms with Crippen LogP contribution in [0.4, 0.5) is 5.69 Å². The molecule has 2 N–H and O–H groups in total. The highest BCUT2D eigenvalue weighted by Gasteiger charge is 2.08. The third kappa shape index (κ3) is 4.89. The summed E-state index contributed by atoms with van der Waals surface area (Å²) in [4.78, 5) is 12.1. The standard InChI is InChI=1S/C19H19N3O2/c1-14-3-7-17(8-4-14)22-19(23)16(11-20)13-21-12-15-5-9-18(24-2)10-6-15/h3-10,13,21H,12H2,1-2H3,(H,22,23)/b16-13-. The number of amides is 1. The molecule has 2 rings (SSSR count). The van der Waals surface area contributed by atoms with Crippen molar-refractivity contribution in [2.75, 3.05) is 12.4 Å². The molecule has 0 aliphatic carbocycles. The number of nitrogens with one attached hydrogen (secondary N) is 2. The van der Waals surface area contributed by atoms with E-state index >= 15 is 0 Å². The second kappa shape index (κ2) is 8.39. The van der Waals surface area contributed by atoms with Gasteiger partial charge in [0.25, 0.3) is 5.91 Å². The lowest BCUT2D eigenvalue weighted by molar-refractivity contribution is -0.112. The van der Waals surface area contributed by atoms with E-state index in [0.29, 0.717) is 12.2 Å². The number of hydrogen-bond acceptors (Lipinski definition) is 4. The van der Waals surface area contributed by atoms with Crippen molar-refractivity contribution in [3.8, 4) is 11.8 Å². The van der Waals surface area contributed by atoms with Crippen molar-refractivity contribution in [3.05, 3.63) is 71.4 Å². The molecular formula is C19H19N3O2. The van der Waals surface area contributed by atoms with Gasteiger partial charge in [0.2, 0.25) is 0 Å². The van der Waals surface area contributed by atoms with Crippen LogP contribution in [-0.4, -0.2) is 13.0 Å². The van der Waals surface area contributed by atoms with E-state index in [2.05, 4.69) is 10.6 Å². The minimum Gasteiger partial charge on any atom is -0.497 e. The molecule has 0 radical (unpaired) electrons. The quantitative estimate of drug-likeness (QED) is 0.633. The van der Waals surface area contributed by atoms with Crippen LogP contribution in [0.15, 0.2) is 60.3 Å². The van der Waals surface area contributed by atoms with E-state index in [1.165, 1.54) is 6.20 Å². The SMILES string of the molecule is COc1ccc(CN/C=C(/C#N)C(=O)Nc2ccc(C)cc2)cc1. The lowest BCUT2D eigenvalue weighted by atomic mass is 10.2. The summed E-state index contributed by atoms with van der Waals surface area (Å²) in [5.74, 6) is 0.341. The molecule has 0 saturated heterocycles. The van der Waals surface area contributed by atoms with Gasteiger partial charge in [-0.25, -0.2) is 0 Å². The van der Waals surface area contributed by atoms with Crippen LogP contribution in [0, 0.1) is 18.3 Å². The molecule has 0 spiro atoms. The normalized spacial score (nSPS) is 10.6.